The number of ether oxygens (including phenoxy) is 1. The van der Waals surface area contributed by atoms with Gasteiger partial charge in [-0.2, -0.15) is 0 Å². The molecule has 30 heavy (non-hydrogen) atoms. The molecule has 0 aliphatic heterocycles. The van der Waals surface area contributed by atoms with Crippen molar-refractivity contribution in [3.63, 3.8) is 0 Å². The molecule has 1 heterocycles. The Kier molecular flexibility index (Phi) is 5.17. The Morgan fingerprint density at radius 1 is 0.967 bits per heavy atom. The van der Waals surface area contributed by atoms with Crippen LogP contribution >= 0.6 is 0 Å². The van der Waals surface area contributed by atoms with Crippen molar-refractivity contribution >= 4 is 27.5 Å². The molecule has 0 fully saturated rings. The number of carbonyl (C=O) groups excluding carboxylic acids is 1. The van der Waals surface area contributed by atoms with Crippen LogP contribution in [0.15, 0.2) is 66.9 Å². The summed E-state index contributed by atoms with van der Waals surface area (Å²) in [6, 6.07) is 20.7. The van der Waals surface area contributed by atoms with Crippen molar-refractivity contribution in [1.29, 1.82) is 0 Å². The van der Waals surface area contributed by atoms with Crippen LogP contribution in [-0.2, 0) is 9.53 Å². The summed E-state index contributed by atoms with van der Waals surface area (Å²) in [6.07, 6.45) is 1.17. The highest BCUT2D eigenvalue weighted by molar-refractivity contribution is 6.07. The first-order valence-electron chi connectivity index (χ1n) is 10.3. The van der Waals surface area contributed by atoms with Gasteiger partial charge in [-0.3, -0.25) is 9.78 Å². The number of ketones is 1. The van der Waals surface area contributed by atoms with E-state index in [2.05, 4.69) is 48.3 Å². The lowest BCUT2D eigenvalue weighted by Crippen LogP contribution is -2.27. The van der Waals surface area contributed by atoms with Gasteiger partial charge in [-0.15, -0.1) is 0 Å². The zero-order valence-electron chi connectivity index (χ0n) is 18.2. The van der Waals surface area contributed by atoms with E-state index in [0.717, 1.165) is 43.9 Å². The molecule has 0 bridgehead atoms. The Balaban J connectivity index is 2.14. The van der Waals surface area contributed by atoms with Crippen LogP contribution < -0.4 is 0 Å². The van der Waals surface area contributed by atoms with Gasteiger partial charge >= 0.3 is 0 Å². The summed E-state index contributed by atoms with van der Waals surface area (Å²) in [6.45, 7) is 9.62. The van der Waals surface area contributed by atoms with Gasteiger partial charge in [-0.1, -0.05) is 54.6 Å². The summed E-state index contributed by atoms with van der Waals surface area (Å²) in [7, 11) is 0. The molecule has 3 heteroatoms. The largest absolute Gasteiger partial charge is 0.360 e. The molecule has 0 saturated heterocycles. The molecule has 0 amide bonds. The van der Waals surface area contributed by atoms with Crippen molar-refractivity contribution in [2.24, 2.45) is 0 Å². The maximum absolute atomic E-state index is 12.8. The Hall–Kier alpha value is -3.04. The number of fused-ring (bicyclic) bond motifs is 2. The van der Waals surface area contributed by atoms with Crippen LogP contribution in [-0.4, -0.2) is 16.4 Å². The molecular formula is C27H27NO2. The van der Waals surface area contributed by atoms with Gasteiger partial charge in [-0.25, -0.2) is 0 Å². The molecule has 0 radical (unpaired) electrons. The lowest BCUT2D eigenvalue weighted by molar-refractivity contribution is -0.138. The Labute approximate surface area is 177 Å². The first-order valence-corrected chi connectivity index (χ1v) is 10.3. The topological polar surface area (TPSA) is 39.2 Å². The minimum absolute atomic E-state index is 0.00208. The van der Waals surface area contributed by atoms with Crippen LogP contribution in [0.1, 0.15) is 44.9 Å². The molecule has 3 aromatic carbocycles. The van der Waals surface area contributed by atoms with Crippen molar-refractivity contribution in [3.8, 4) is 11.1 Å². The van der Waals surface area contributed by atoms with E-state index in [1.165, 1.54) is 0 Å². The van der Waals surface area contributed by atoms with Crippen LogP contribution in [0.2, 0.25) is 0 Å². The predicted molar refractivity (Wildman–Crippen MR) is 124 cm³/mol. The van der Waals surface area contributed by atoms with Gasteiger partial charge < -0.3 is 4.74 Å². The summed E-state index contributed by atoms with van der Waals surface area (Å²) in [5.41, 5.74) is 4.49. The summed E-state index contributed by atoms with van der Waals surface area (Å²) < 4.78 is 6.32. The minimum atomic E-state index is -0.649. The monoisotopic (exact) mass is 397 g/mol. The number of pyridine rings is 1. The molecule has 0 unspecified atom stereocenters. The van der Waals surface area contributed by atoms with Crippen molar-refractivity contribution in [3.05, 3.63) is 78.0 Å². The normalized spacial score (nSPS) is 13.0. The average Bonchev–Trinajstić information content (AvgIpc) is 2.70. The SMILES string of the molecule is CC(=O)[C@@H](OC(C)(C)C)c1c(C)cc2ccccc2c1-c1cccc2cccnc12. The molecule has 0 aliphatic carbocycles. The third-order valence-corrected chi connectivity index (χ3v) is 5.30. The highest BCUT2D eigenvalue weighted by atomic mass is 16.5. The lowest BCUT2D eigenvalue weighted by Gasteiger charge is -2.29. The number of aryl methyl sites for hydroxylation is 1. The molecule has 1 aromatic heterocycles. The first-order chi connectivity index (χ1) is 14.3. The van der Waals surface area contributed by atoms with Gasteiger partial charge in [-0.05, 0) is 68.1 Å². The van der Waals surface area contributed by atoms with Crippen LogP contribution in [0.4, 0.5) is 0 Å². The van der Waals surface area contributed by atoms with Crippen molar-refractivity contribution in [2.45, 2.75) is 46.3 Å². The summed E-state index contributed by atoms with van der Waals surface area (Å²) in [5, 5.41) is 3.31. The summed E-state index contributed by atoms with van der Waals surface area (Å²) in [4.78, 5) is 17.5. The summed E-state index contributed by atoms with van der Waals surface area (Å²) >= 11 is 0. The van der Waals surface area contributed by atoms with E-state index in [1.54, 1.807) is 6.92 Å². The Morgan fingerprint density at radius 3 is 2.40 bits per heavy atom. The number of para-hydroxylation sites is 1. The van der Waals surface area contributed by atoms with E-state index in [1.807, 2.05) is 51.2 Å². The Morgan fingerprint density at radius 2 is 1.67 bits per heavy atom. The fourth-order valence-corrected chi connectivity index (χ4v) is 4.14. The lowest BCUT2D eigenvalue weighted by atomic mass is 9.85. The molecule has 1 atom stereocenters. The number of aromatic nitrogens is 1. The van der Waals surface area contributed by atoms with Gasteiger partial charge in [0.1, 0.15) is 6.10 Å². The molecule has 3 nitrogen and oxygen atoms in total. The van der Waals surface area contributed by atoms with Gasteiger partial charge in [0.2, 0.25) is 0 Å². The highest BCUT2D eigenvalue weighted by Gasteiger charge is 2.29. The summed E-state index contributed by atoms with van der Waals surface area (Å²) in [5.74, 6) is -0.00208. The number of nitrogens with zero attached hydrogens (tertiary/aromatic N) is 1. The number of hydrogen-bond acceptors (Lipinski definition) is 3. The van der Waals surface area contributed by atoms with E-state index in [-0.39, 0.29) is 5.78 Å². The maximum Gasteiger partial charge on any atom is 0.163 e. The highest BCUT2D eigenvalue weighted by Crippen LogP contribution is 2.42. The van der Waals surface area contributed by atoms with Crippen molar-refractivity contribution in [2.75, 3.05) is 0 Å². The van der Waals surface area contributed by atoms with E-state index in [9.17, 15) is 4.79 Å². The average molecular weight is 398 g/mol. The molecule has 0 saturated carbocycles. The third-order valence-electron chi connectivity index (χ3n) is 5.30. The number of Topliss-reactive ketones (excluding diaryl/α,β-unsaturated/α-hetero) is 1. The quantitative estimate of drug-likeness (QED) is 0.380. The second-order valence-electron chi connectivity index (χ2n) is 8.80. The van der Waals surface area contributed by atoms with Crippen LogP contribution in [0.3, 0.4) is 0 Å². The van der Waals surface area contributed by atoms with Gasteiger partial charge in [0.05, 0.1) is 11.1 Å². The first kappa shape index (κ1) is 20.2. The molecule has 0 spiro atoms. The third kappa shape index (κ3) is 3.73. The predicted octanol–water partition coefficient (Wildman–Crippen LogP) is 6.81. The standard InChI is InChI=1S/C27H27NO2/c1-17-16-20-10-6-7-13-21(20)24(23(17)26(18(2)29)30-27(3,4)5)22-14-8-11-19-12-9-15-28-25(19)22/h6-16,26H,1-5H3/t26-/m1/s1. The second kappa shape index (κ2) is 7.66. The van der Waals surface area contributed by atoms with E-state index in [4.69, 9.17) is 4.74 Å². The van der Waals surface area contributed by atoms with E-state index in [0.29, 0.717) is 0 Å². The van der Waals surface area contributed by atoms with Gasteiger partial charge in [0.25, 0.3) is 0 Å². The fraction of sp³-hybridized carbons (Fsp3) is 0.259. The number of rotatable bonds is 4. The molecule has 152 valence electrons. The number of hydrogen-bond donors (Lipinski definition) is 0. The zero-order valence-corrected chi connectivity index (χ0v) is 18.2. The van der Waals surface area contributed by atoms with Crippen LogP contribution in [0.5, 0.6) is 0 Å². The van der Waals surface area contributed by atoms with E-state index < -0.39 is 11.7 Å². The van der Waals surface area contributed by atoms with Crippen molar-refractivity contribution in [1.82, 2.24) is 4.98 Å². The number of benzene rings is 3. The molecule has 4 aromatic rings. The Bertz CT molecular complexity index is 1250. The maximum atomic E-state index is 12.8. The minimum Gasteiger partial charge on any atom is -0.360 e. The van der Waals surface area contributed by atoms with Crippen LogP contribution in [0, 0.1) is 6.92 Å². The fourth-order valence-electron chi connectivity index (χ4n) is 4.14. The zero-order chi connectivity index (χ0) is 21.5. The smallest absolute Gasteiger partial charge is 0.163 e. The second-order valence-corrected chi connectivity index (χ2v) is 8.80. The molecule has 4 rings (SSSR count). The molecular weight excluding hydrogens is 370 g/mol. The van der Waals surface area contributed by atoms with Crippen molar-refractivity contribution < 1.29 is 9.53 Å². The van der Waals surface area contributed by atoms with Crippen LogP contribution in [0.25, 0.3) is 32.8 Å². The van der Waals surface area contributed by atoms with Gasteiger partial charge in [0, 0.05) is 17.1 Å². The molecule has 0 N–H and O–H groups in total. The molecule has 0 aliphatic rings. The van der Waals surface area contributed by atoms with Gasteiger partial charge in [0.15, 0.2) is 5.78 Å². The van der Waals surface area contributed by atoms with E-state index >= 15 is 0 Å². The number of carbonyl (C=O) groups is 1.